The molecule has 1 N–H and O–H groups in total. The molecule has 6 heteroatoms. The fourth-order valence-electron chi connectivity index (χ4n) is 2.22. The third-order valence-electron chi connectivity index (χ3n) is 3.17. The van der Waals surface area contributed by atoms with Gasteiger partial charge >= 0.3 is 0 Å². The molecule has 21 heavy (non-hydrogen) atoms. The van der Waals surface area contributed by atoms with E-state index in [0.29, 0.717) is 28.5 Å². The topological polar surface area (TPSA) is 42.8 Å². The average molecular weight is 329 g/mol. The number of rotatable bonds is 5. The number of nitrogens with zero attached hydrogens (tertiary/aromatic N) is 1. The van der Waals surface area contributed by atoms with Gasteiger partial charge in [-0.15, -0.1) is 0 Å². The number of anilines is 1. The zero-order valence-electron chi connectivity index (χ0n) is 12.8. The second kappa shape index (κ2) is 7.27. The van der Waals surface area contributed by atoms with E-state index in [-0.39, 0.29) is 0 Å². The molecule has 0 amide bonds. The Kier molecular flexibility index (Phi) is 5.65. The van der Waals surface area contributed by atoms with Gasteiger partial charge in [0.25, 0.3) is 0 Å². The summed E-state index contributed by atoms with van der Waals surface area (Å²) < 4.78 is 10.6. The second-order valence-electron chi connectivity index (χ2n) is 5.34. The van der Waals surface area contributed by atoms with Gasteiger partial charge in [0.1, 0.15) is 11.5 Å². The molecule has 1 unspecified atom stereocenters. The van der Waals surface area contributed by atoms with Crippen LogP contribution in [0.15, 0.2) is 17.1 Å². The van der Waals surface area contributed by atoms with Crippen LogP contribution in [0.5, 0.6) is 11.5 Å². The van der Waals surface area contributed by atoms with Gasteiger partial charge in [-0.1, -0.05) is 37.2 Å². The molecule has 1 aromatic rings. The van der Waals surface area contributed by atoms with E-state index in [0.717, 1.165) is 23.0 Å². The van der Waals surface area contributed by atoms with Crippen LogP contribution in [0, 0.1) is 5.92 Å². The third kappa shape index (κ3) is 4.20. The monoisotopic (exact) mass is 328 g/mol. The van der Waals surface area contributed by atoms with Gasteiger partial charge in [0, 0.05) is 17.9 Å². The number of ether oxygens (including phenoxy) is 2. The minimum absolute atomic E-state index is 0.387. The quantitative estimate of drug-likeness (QED) is 0.875. The summed E-state index contributed by atoms with van der Waals surface area (Å²) in [7, 11) is 3.21. The summed E-state index contributed by atoms with van der Waals surface area (Å²) in [4.78, 5) is 4.72. The van der Waals surface area contributed by atoms with Gasteiger partial charge < -0.3 is 14.8 Å². The van der Waals surface area contributed by atoms with Gasteiger partial charge in [-0.2, -0.15) is 0 Å². The van der Waals surface area contributed by atoms with E-state index in [4.69, 9.17) is 26.1 Å². The van der Waals surface area contributed by atoms with E-state index in [1.54, 1.807) is 32.0 Å². The minimum atomic E-state index is 0.387. The van der Waals surface area contributed by atoms with Gasteiger partial charge in [-0.3, -0.25) is 4.99 Å². The molecular weight excluding hydrogens is 308 g/mol. The SMILES string of the molecule is COc1cc(NC2=NC(CC(C)C)CS2)c(OC)cc1Cl. The fourth-order valence-corrected chi connectivity index (χ4v) is 3.42. The first kappa shape index (κ1) is 16.3. The number of amidine groups is 1. The van der Waals surface area contributed by atoms with Crippen LogP contribution in [0.25, 0.3) is 0 Å². The van der Waals surface area contributed by atoms with Crippen molar-refractivity contribution in [2.45, 2.75) is 26.3 Å². The van der Waals surface area contributed by atoms with Crippen LogP contribution in [0.1, 0.15) is 20.3 Å². The Bertz CT molecular complexity index is 535. The Labute approximate surface area is 135 Å². The van der Waals surface area contributed by atoms with Crippen LogP contribution in [-0.4, -0.2) is 31.2 Å². The highest BCUT2D eigenvalue weighted by Crippen LogP contribution is 2.37. The van der Waals surface area contributed by atoms with Crippen molar-refractivity contribution in [3.8, 4) is 11.5 Å². The highest BCUT2D eigenvalue weighted by atomic mass is 35.5. The van der Waals surface area contributed by atoms with Crippen LogP contribution >= 0.6 is 23.4 Å². The number of thioether (sulfide) groups is 1. The molecule has 0 bridgehead atoms. The molecule has 1 aliphatic heterocycles. The molecule has 1 atom stereocenters. The number of hydrogen-bond acceptors (Lipinski definition) is 5. The Balaban J connectivity index is 2.16. The third-order valence-corrected chi connectivity index (χ3v) is 4.50. The molecule has 0 saturated carbocycles. The van der Waals surface area contributed by atoms with Crippen molar-refractivity contribution in [3.05, 3.63) is 17.2 Å². The van der Waals surface area contributed by atoms with Crippen LogP contribution in [0.3, 0.4) is 0 Å². The lowest BCUT2D eigenvalue weighted by molar-refractivity contribution is 0.405. The molecule has 1 aliphatic rings. The van der Waals surface area contributed by atoms with Crippen LogP contribution in [0.2, 0.25) is 5.02 Å². The number of halogens is 1. The summed E-state index contributed by atoms with van der Waals surface area (Å²) in [6, 6.07) is 3.96. The average Bonchev–Trinajstić information content (AvgIpc) is 2.86. The molecular formula is C15H21ClN2O2S. The smallest absolute Gasteiger partial charge is 0.161 e. The van der Waals surface area contributed by atoms with E-state index < -0.39 is 0 Å². The van der Waals surface area contributed by atoms with Crippen LogP contribution < -0.4 is 14.8 Å². The molecule has 0 aliphatic carbocycles. The van der Waals surface area contributed by atoms with Gasteiger partial charge in [0.15, 0.2) is 5.17 Å². The van der Waals surface area contributed by atoms with Crippen LogP contribution in [-0.2, 0) is 0 Å². The summed E-state index contributed by atoms with van der Waals surface area (Å²) in [5, 5.41) is 4.76. The first-order chi connectivity index (χ1) is 10.0. The standard InChI is InChI=1S/C15H21ClN2O2S/c1-9(2)5-10-8-21-15(17-10)18-12-7-13(19-3)11(16)6-14(12)20-4/h6-7,9-10H,5,8H2,1-4H3,(H,17,18). The first-order valence-electron chi connectivity index (χ1n) is 6.92. The van der Waals surface area contributed by atoms with Crippen molar-refractivity contribution in [1.29, 1.82) is 0 Å². The summed E-state index contributed by atoms with van der Waals surface area (Å²) in [5.41, 5.74) is 0.815. The van der Waals surface area contributed by atoms with Crippen LogP contribution in [0.4, 0.5) is 5.69 Å². The van der Waals surface area contributed by atoms with Crippen molar-refractivity contribution in [1.82, 2.24) is 0 Å². The number of methoxy groups -OCH3 is 2. The molecule has 116 valence electrons. The lowest BCUT2D eigenvalue weighted by Crippen LogP contribution is -2.08. The number of benzene rings is 1. The Hall–Kier alpha value is -1.07. The highest BCUT2D eigenvalue weighted by molar-refractivity contribution is 8.14. The Morgan fingerprint density at radius 1 is 1.33 bits per heavy atom. The van der Waals surface area contributed by atoms with Crippen molar-refractivity contribution >= 4 is 34.2 Å². The van der Waals surface area contributed by atoms with E-state index in [1.165, 1.54) is 0 Å². The lowest BCUT2D eigenvalue weighted by Gasteiger charge is -2.13. The molecule has 0 fully saturated rings. The minimum Gasteiger partial charge on any atom is -0.495 e. The first-order valence-corrected chi connectivity index (χ1v) is 8.29. The van der Waals surface area contributed by atoms with E-state index in [2.05, 4.69) is 19.2 Å². The molecule has 0 spiro atoms. The van der Waals surface area contributed by atoms with E-state index in [1.807, 2.05) is 6.07 Å². The maximum absolute atomic E-state index is 6.11. The summed E-state index contributed by atoms with van der Waals surface area (Å²) in [6.45, 7) is 4.44. The lowest BCUT2D eigenvalue weighted by atomic mass is 10.1. The molecule has 4 nitrogen and oxygen atoms in total. The Morgan fingerprint density at radius 2 is 2.05 bits per heavy atom. The van der Waals surface area contributed by atoms with Crippen molar-refractivity contribution in [2.24, 2.45) is 10.9 Å². The summed E-state index contributed by atoms with van der Waals surface area (Å²) in [5.74, 6) is 2.97. The highest BCUT2D eigenvalue weighted by Gasteiger charge is 2.20. The summed E-state index contributed by atoms with van der Waals surface area (Å²) >= 11 is 7.84. The number of nitrogens with one attached hydrogen (secondary N) is 1. The molecule has 0 aromatic heterocycles. The second-order valence-corrected chi connectivity index (χ2v) is 6.76. The fraction of sp³-hybridized carbons (Fsp3) is 0.533. The largest absolute Gasteiger partial charge is 0.495 e. The zero-order valence-corrected chi connectivity index (χ0v) is 14.3. The maximum Gasteiger partial charge on any atom is 0.161 e. The van der Waals surface area contributed by atoms with E-state index >= 15 is 0 Å². The zero-order chi connectivity index (χ0) is 15.4. The summed E-state index contributed by atoms with van der Waals surface area (Å²) in [6.07, 6.45) is 1.11. The molecule has 0 radical (unpaired) electrons. The van der Waals surface area contributed by atoms with E-state index in [9.17, 15) is 0 Å². The van der Waals surface area contributed by atoms with Gasteiger partial charge in [-0.05, 0) is 12.3 Å². The normalized spacial score (nSPS) is 17.8. The van der Waals surface area contributed by atoms with Gasteiger partial charge in [-0.25, -0.2) is 0 Å². The van der Waals surface area contributed by atoms with Gasteiger partial charge in [0.2, 0.25) is 0 Å². The maximum atomic E-state index is 6.11. The molecule has 0 saturated heterocycles. The molecule has 2 rings (SSSR count). The predicted molar refractivity (Wildman–Crippen MR) is 91.3 cm³/mol. The van der Waals surface area contributed by atoms with Crippen molar-refractivity contribution < 1.29 is 9.47 Å². The van der Waals surface area contributed by atoms with Crippen molar-refractivity contribution in [2.75, 3.05) is 25.3 Å². The predicted octanol–water partition coefficient (Wildman–Crippen LogP) is 4.29. The van der Waals surface area contributed by atoms with Crippen molar-refractivity contribution in [3.63, 3.8) is 0 Å². The Morgan fingerprint density at radius 3 is 2.67 bits per heavy atom. The number of hydrogen-bond donors (Lipinski definition) is 1. The molecule has 1 aromatic carbocycles. The van der Waals surface area contributed by atoms with Gasteiger partial charge in [0.05, 0.1) is 31.0 Å². The number of aliphatic imine (C=N–C) groups is 1. The molecule has 1 heterocycles.